The Morgan fingerprint density at radius 3 is 2.82 bits per heavy atom. The first-order valence-corrected chi connectivity index (χ1v) is 7.00. The van der Waals surface area contributed by atoms with Crippen LogP contribution in [0.15, 0.2) is 22.7 Å². The zero-order chi connectivity index (χ0) is 12.4. The Morgan fingerprint density at radius 2 is 2.18 bits per heavy atom. The molecular formula is C14H18BrFO. The Balaban J connectivity index is 2.15. The molecule has 0 saturated heterocycles. The van der Waals surface area contributed by atoms with Crippen molar-refractivity contribution in [1.82, 2.24) is 0 Å². The van der Waals surface area contributed by atoms with Crippen LogP contribution >= 0.6 is 15.9 Å². The van der Waals surface area contributed by atoms with Gasteiger partial charge in [0.1, 0.15) is 5.82 Å². The third-order valence-corrected chi connectivity index (χ3v) is 4.20. The number of hydrogen-bond acceptors (Lipinski definition) is 1. The maximum absolute atomic E-state index is 13.8. The average molecular weight is 301 g/mol. The summed E-state index contributed by atoms with van der Waals surface area (Å²) in [5.74, 6) is 0.529. The molecule has 1 aromatic rings. The van der Waals surface area contributed by atoms with E-state index in [1.807, 2.05) is 0 Å². The van der Waals surface area contributed by atoms with E-state index in [0.29, 0.717) is 16.0 Å². The Kier molecular flexibility index (Phi) is 4.21. The highest BCUT2D eigenvalue weighted by Gasteiger charge is 2.27. The van der Waals surface area contributed by atoms with Crippen molar-refractivity contribution in [3.05, 3.63) is 34.1 Å². The molecular weight excluding hydrogens is 283 g/mol. The number of aliphatic hydroxyl groups excluding tert-OH is 1. The smallest absolute Gasteiger partial charge is 0.130 e. The molecule has 94 valence electrons. The van der Waals surface area contributed by atoms with E-state index >= 15 is 0 Å². The molecule has 1 aliphatic carbocycles. The second-order valence-corrected chi connectivity index (χ2v) is 6.06. The Labute approximate surface area is 110 Å². The molecule has 0 aliphatic heterocycles. The summed E-state index contributed by atoms with van der Waals surface area (Å²) in [6.45, 7) is 2.21. The van der Waals surface area contributed by atoms with Gasteiger partial charge in [0.2, 0.25) is 0 Å². The minimum atomic E-state index is -0.661. The second kappa shape index (κ2) is 5.49. The molecule has 0 amide bonds. The monoisotopic (exact) mass is 300 g/mol. The first-order valence-electron chi connectivity index (χ1n) is 6.21. The van der Waals surface area contributed by atoms with Crippen LogP contribution in [0.2, 0.25) is 0 Å². The summed E-state index contributed by atoms with van der Waals surface area (Å²) in [5.41, 5.74) is 0.437. The summed E-state index contributed by atoms with van der Waals surface area (Å²) in [4.78, 5) is 0. The first kappa shape index (κ1) is 13.0. The maximum Gasteiger partial charge on any atom is 0.130 e. The fourth-order valence-electron chi connectivity index (χ4n) is 2.76. The highest BCUT2D eigenvalue weighted by molar-refractivity contribution is 9.10. The van der Waals surface area contributed by atoms with Gasteiger partial charge >= 0.3 is 0 Å². The third-order valence-electron chi connectivity index (χ3n) is 3.70. The molecule has 1 N–H and O–H groups in total. The molecule has 1 saturated carbocycles. The summed E-state index contributed by atoms with van der Waals surface area (Å²) >= 11 is 3.23. The molecule has 1 aromatic carbocycles. The van der Waals surface area contributed by atoms with Crippen molar-refractivity contribution < 1.29 is 9.50 Å². The molecule has 3 atom stereocenters. The molecule has 1 aliphatic rings. The lowest BCUT2D eigenvalue weighted by molar-refractivity contribution is 0.0685. The van der Waals surface area contributed by atoms with Gasteiger partial charge in [-0.2, -0.15) is 0 Å². The van der Waals surface area contributed by atoms with Crippen LogP contribution in [0.1, 0.15) is 44.3 Å². The van der Waals surface area contributed by atoms with Crippen LogP contribution in [-0.4, -0.2) is 5.11 Å². The van der Waals surface area contributed by atoms with Gasteiger partial charge in [-0.3, -0.25) is 0 Å². The Bertz CT molecular complexity index is 394. The molecule has 2 rings (SSSR count). The fraction of sp³-hybridized carbons (Fsp3) is 0.571. The molecule has 1 nitrogen and oxygen atoms in total. The van der Waals surface area contributed by atoms with E-state index < -0.39 is 6.10 Å². The van der Waals surface area contributed by atoms with Gasteiger partial charge in [0.05, 0.1) is 6.10 Å². The Morgan fingerprint density at radius 1 is 1.41 bits per heavy atom. The summed E-state index contributed by atoms with van der Waals surface area (Å²) in [6.07, 6.45) is 3.70. The zero-order valence-electron chi connectivity index (χ0n) is 10.00. The largest absolute Gasteiger partial charge is 0.388 e. The van der Waals surface area contributed by atoms with Crippen LogP contribution in [0.25, 0.3) is 0 Å². The van der Waals surface area contributed by atoms with Gasteiger partial charge in [-0.15, -0.1) is 0 Å². The summed E-state index contributed by atoms with van der Waals surface area (Å²) in [5, 5.41) is 10.3. The predicted molar refractivity (Wildman–Crippen MR) is 70.2 cm³/mol. The number of halogens is 2. The Hall–Kier alpha value is -0.410. The van der Waals surface area contributed by atoms with Crippen LogP contribution in [0.4, 0.5) is 4.39 Å². The van der Waals surface area contributed by atoms with Crippen molar-refractivity contribution in [3.63, 3.8) is 0 Å². The van der Waals surface area contributed by atoms with E-state index in [-0.39, 0.29) is 11.7 Å². The molecule has 17 heavy (non-hydrogen) atoms. The van der Waals surface area contributed by atoms with E-state index in [2.05, 4.69) is 22.9 Å². The average Bonchev–Trinajstić information content (AvgIpc) is 2.28. The van der Waals surface area contributed by atoms with E-state index in [9.17, 15) is 9.50 Å². The molecule has 0 aromatic heterocycles. The normalized spacial score (nSPS) is 26.8. The lowest BCUT2D eigenvalue weighted by Gasteiger charge is -2.30. The van der Waals surface area contributed by atoms with Gasteiger partial charge in [-0.1, -0.05) is 41.8 Å². The van der Waals surface area contributed by atoms with Crippen LogP contribution in [-0.2, 0) is 0 Å². The van der Waals surface area contributed by atoms with Crippen molar-refractivity contribution in [2.24, 2.45) is 11.8 Å². The van der Waals surface area contributed by atoms with Gasteiger partial charge in [-0.25, -0.2) is 4.39 Å². The molecule has 1 fully saturated rings. The van der Waals surface area contributed by atoms with Gasteiger partial charge in [0, 0.05) is 10.0 Å². The van der Waals surface area contributed by atoms with Crippen molar-refractivity contribution in [2.45, 2.75) is 38.7 Å². The minimum absolute atomic E-state index is 0.203. The fourth-order valence-corrected chi connectivity index (χ4v) is 3.10. The van der Waals surface area contributed by atoms with E-state index in [0.717, 1.165) is 19.3 Å². The lowest BCUT2D eigenvalue weighted by atomic mass is 9.78. The topological polar surface area (TPSA) is 20.2 Å². The van der Waals surface area contributed by atoms with Crippen LogP contribution in [0.5, 0.6) is 0 Å². The van der Waals surface area contributed by atoms with Gasteiger partial charge in [-0.05, 0) is 36.8 Å². The summed E-state index contributed by atoms with van der Waals surface area (Å²) in [6, 6.07) is 4.89. The van der Waals surface area contributed by atoms with Crippen LogP contribution in [0.3, 0.4) is 0 Å². The quantitative estimate of drug-likeness (QED) is 0.855. The van der Waals surface area contributed by atoms with Crippen molar-refractivity contribution in [1.29, 1.82) is 0 Å². The van der Waals surface area contributed by atoms with Gasteiger partial charge in [0.25, 0.3) is 0 Å². The van der Waals surface area contributed by atoms with Crippen LogP contribution in [0, 0.1) is 17.7 Å². The van der Waals surface area contributed by atoms with Gasteiger partial charge < -0.3 is 5.11 Å². The van der Waals surface area contributed by atoms with E-state index in [1.54, 1.807) is 12.1 Å². The number of hydrogen-bond donors (Lipinski definition) is 1. The van der Waals surface area contributed by atoms with Crippen molar-refractivity contribution in [3.8, 4) is 0 Å². The summed E-state index contributed by atoms with van der Waals surface area (Å²) < 4.78 is 14.5. The summed E-state index contributed by atoms with van der Waals surface area (Å²) in [7, 11) is 0. The van der Waals surface area contributed by atoms with E-state index in [1.165, 1.54) is 12.5 Å². The zero-order valence-corrected chi connectivity index (χ0v) is 11.6. The number of benzene rings is 1. The standard InChI is InChI=1S/C14H18BrFO/c1-9-3-2-4-10(7-9)14(17)12-6-5-11(15)8-13(12)16/h5-6,8-10,14,17H,2-4,7H2,1H3. The highest BCUT2D eigenvalue weighted by Crippen LogP contribution is 2.38. The number of aliphatic hydroxyl groups is 1. The molecule has 3 heteroatoms. The SMILES string of the molecule is CC1CCCC(C(O)c2ccc(Br)cc2F)C1. The third kappa shape index (κ3) is 3.08. The molecule has 0 bridgehead atoms. The molecule has 0 spiro atoms. The first-order chi connectivity index (χ1) is 8.08. The maximum atomic E-state index is 13.8. The second-order valence-electron chi connectivity index (χ2n) is 5.14. The van der Waals surface area contributed by atoms with E-state index in [4.69, 9.17) is 0 Å². The molecule has 3 unspecified atom stereocenters. The number of rotatable bonds is 2. The highest BCUT2D eigenvalue weighted by atomic mass is 79.9. The van der Waals surface area contributed by atoms with Crippen LogP contribution < -0.4 is 0 Å². The predicted octanol–water partition coefficient (Wildman–Crippen LogP) is 4.45. The minimum Gasteiger partial charge on any atom is -0.388 e. The molecule has 0 heterocycles. The van der Waals surface area contributed by atoms with Crippen molar-refractivity contribution >= 4 is 15.9 Å². The lowest BCUT2D eigenvalue weighted by Crippen LogP contribution is -2.20. The van der Waals surface area contributed by atoms with Crippen molar-refractivity contribution in [2.75, 3.05) is 0 Å². The molecule has 0 radical (unpaired) electrons. The van der Waals surface area contributed by atoms with Gasteiger partial charge in [0.15, 0.2) is 0 Å².